The van der Waals surface area contributed by atoms with Gasteiger partial charge in [0.2, 0.25) is 0 Å². The fourth-order valence-electron chi connectivity index (χ4n) is 2.96. The van der Waals surface area contributed by atoms with E-state index in [9.17, 15) is 18.4 Å². The number of nitrogens with two attached hydrogens (primary N) is 1. The van der Waals surface area contributed by atoms with Crippen molar-refractivity contribution in [1.82, 2.24) is 14.5 Å². The Labute approximate surface area is 193 Å². The van der Waals surface area contributed by atoms with Crippen LogP contribution in [-0.4, -0.2) is 39.7 Å². The first-order chi connectivity index (χ1) is 15.8. The number of hydrogen-bond acceptors (Lipinski definition) is 6. The number of amides is 1. The van der Waals surface area contributed by atoms with Crippen molar-refractivity contribution in [3.63, 3.8) is 0 Å². The van der Waals surface area contributed by atoms with Gasteiger partial charge in [0.05, 0.1) is 12.7 Å². The van der Waals surface area contributed by atoms with Crippen LogP contribution >= 0.6 is 11.6 Å². The van der Waals surface area contributed by atoms with Crippen molar-refractivity contribution in [2.75, 3.05) is 18.4 Å². The van der Waals surface area contributed by atoms with Crippen LogP contribution < -0.4 is 16.6 Å². The third-order valence-electron chi connectivity index (χ3n) is 4.63. The Bertz CT molecular complexity index is 1200. The number of nitrogens with one attached hydrogen (secondary N) is 1. The van der Waals surface area contributed by atoms with E-state index in [-0.39, 0.29) is 11.0 Å². The lowest BCUT2D eigenvalue weighted by Crippen LogP contribution is -2.32. The number of anilines is 1. The quantitative estimate of drug-likeness (QED) is 0.461. The number of carbonyl (C=O) groups is 1. The number of pyridine rings is 1. The van der Waals surface area contributed by atoms with E-state index >= 15 is 0 Å². The molecule has 0 radical (unpaired) electrons. The molecule has 33 heavy (non-hydrogen) atoms. The van der Waals surface area contributed by atoms with E-state index in [0.717, 1.165) is 21.9 Å². The summed E-state index contributed by atoms with van der Waals surface area (Å²) in [5.41, 5.74) is 5.97. The van der Waals surface area contributed by atoms with Gasteiger partial charge in [0.15, 0.2) is 5.82 Å². The molecule has 3 N–H and O–H groups in total. The van der Waals surface area contributed by atoms with E-state index in [1.807, 2.05) is 12.1 Å². The molecule has 0 saturated carbocycles. The molecule has 0 bridgehead atoms. The number of hydrogen-bond donors (Lipinski definition) is 2. The van der Waals surface area contributed by atoms with Crippen LogP contribution in [0.5, 0.6) is 0 Å². The van der Waals surface area contributed by atoms with Gasteiger partial charge in [0, 0.05) is 12.4 Å². The normalized spacial score (nSPS) is 11.6. The number of aliphatic imine (C=N–C) groups is 1. The van der Waals surface area contributed by atoms with Crippen LogP contribution in [-0.2, 0) is 23.7 Å². The number of nitrogens with zero attached hydrogens (tertiary/aromatic N) is 4. The minimum absolute atomic E-state index is 0.130. The molecular formula is C22H21ClF2N6O2. The summed E-state index contributed by atoms with van der Waals surface area (Å²) in [5.74, 6) is -4.38. The largest absolute Gasteiger partial charge is 0.359 e. The molecule has 1 amide bonds. The first kappa shape index (κ1) is 24.1. The van der Waals surface area contributed by atoms with E-state index in [4.69, 9.17) is 17.3 Å². The van der Waals surface area contributed by atoms with E-state index in [1.54, 1.807) is 12.1 Å². The third kappa shape index (κ3) is 6.27. The minimum atomic E-state index is -3.35. The van der Waals surface area contributed by atoms with Gasteiger partial charge in [-0.25, -0.2) is 9.98 Å². The van der Waals surface area contributed by atoms with E-state index in [2.05, 4.69) is 20.3 Å². The smallest absolute Gasteiger partial charge is 0.306 e. The predicted molar refractivity (Wildman–Crippen MR) is 122 cm³/mol. The number of aromatic nitrogens is 3. The monoisotopic (exact) mass is 474 g/mol. The molecule has 0 unspecified atom stereocenters. The maximum atomic E-state index is 14.3. The molecule has 0 aliphatic carbocycles. The molecule has 0 aliphatic heterocycles. The zero-order valence-electron chi connectivity index (χ0n) is 17.4. The lowest BCUT2D eigenvalue weighted by atomic mass is 10.1. The minimum Gasteiger partial charge on any atom is -0.359 e. The van der Waals surface area contributed by atoms with Crippen LogP contribution in [0.3, 0.4) is 0 Å². The van der Waals surface area contributed by atoms with E-state index in [1.165, 1.54) is 30.6 Å². The topological polar surface area (TPSA) is 115 Å². The fourth-order valence-corrected chi connectivity index (χ4v) is 3.15. The standard InChI is InChI=1S/C22H21ClF2N6O2/c23-18-12-29-20(30-14-22(24,25)17-7-3-4-10-27-17)21(33)31(18)13-19(32)28-11-16-6-2-1-5-15(16)8-9-26/h1-7,10-12H,8-9,13-14,26H2,(H,29,30). The molecule has 0 atom stereocenters. The van der Waals surface area contributed by atoms with Crippen molar-refractivity contribution in [1.29, 1.82) is 0 Å². The van der Waals surface area contributed by atoms with Crippen LogP contribution in [0.25, 0.3) is 0 Å². The number of halogens is 3. The highest BCUT2D eigenvalue weighted by Gasteiger charge is 2.33. The second-order valence-corrected chi connectivity index (χ2v) is 7.37. The number of benzene rings is 1. The molecule has 3 rings (SSSR count). The predicted octanol–water partition coefficient (Wildman–Crippen LogP) is 2.64. The molecule has 0 spiro atoms. The molecule has 0 fully saturated rings. The summed E-state index contributed by atoms with van der Waals surface area (Å²) in [5, 5.41) is 2.19. The van der Waals surface area contributed by atoms with Crippen molar-refractivity contribution in [2.24, 2.45) is 10.7 Å². The lowest BCUT2D eigenvalue weighted by molar-refractivity contribution is -0.118. The van der Waals surface area contributed by atoms with Crippen LogP contribution in [0.4, 0.5) is 14.6 Å². The molecule has 1 aromatic carbocycles. The van der Waals surface area contributed by atoms with Crippen LogP contribution in [0.2, 0.25) is 5.15 Å². The zero-order chi connectivity index (χ0) is 23.8. The maximum Gasteiger partial charge on any atom is 0.306 e. The highest BCUT2D eigenvalue weighted by Crippen LogP contribution is 2.25. The molecule has 0 saturated heterocycles. The summed E-state index contributed by atoms with van der Waals surface area (Å²) >= 11 is 6.01. The van der Waals surface area contributed by atoms with Gasteiger partial charge < -0.3 is 11.1 Å². The highest BCUT2D eigenvalue weighted by atomic mass is 35.5. The number of rotatable bonds is 9. The summed E-state index contributed by atoms with van der Waals surface area (Å²) in [6.45, 7) is -0.963. The van der Waals surface area contributed by atoms with E-state index < -0.39 is 36.2 Å². The lowest BCUT2D eigenvalue weighted by Gasteiger charge is -2.17. The molecule has 0 aliphatic rings. The first-order valence-electron chi connectivity index (χ1n) is 9.95. The van der Waals surface area contributed by atoms with Crippen molar-refractivity contribution in [2.45, 2.75) is 18.9 Å². The van der Waals surface area contributed by atoms with Crippen LogP contribution in [0.1, 0.15) is 16.8 Å². The summed E-state index contributed by atoms with van der Waals surface area (Å²) in [7, 11) is 0. The molecule has 8 nitrogen and oxygen atoms in total. The van der Waals surface area contributed by atoms with Gasteiger partial charge in [-0.1, -0.05) is 41.9 Å². The van der Waals surface area contributed by atoms with Gasteiger partial charge in [-0.05, 0) is 36.2 Å². The zero-order valence-corrected chi connectivity index (χ0v) is 18.2. The Morgan fingerprint density at radius 2 is 1.97 bits per heavy atom. The Morgan fingerprint density at radius 3 is 2.70 bits per heavy atom. The second kappa shape index (κ2) is 10.9. The molecule has 2 aromatic heterocycles. The number of carbonyl (C=O) groups excluding carboxylic acids is 1. The van der Waals surface area contributed by atoms with Crippen LogP contribution in [0.15, 0.2) is 64.6 Å². The van der Waals surface area contributed by atoms with Gasteiger partial charge in [0.1, 0.15) is 17.4 Å². The molecule has 3 aromatic rings. The SMILES string of the molecule is NCCc1ccccc1C=NC(=O)Cn1c(Cl)cnc(NCC(F)(F)c2ccccn2)c1=O. The molecule has 11 heteroatoms. The third-order valence-corrected chi connectivity index (χ3v) is 4.93. The van der Waals surface area contributed by atoms with E-state index in [0.29, 0.717) is 13.0 Å². The first-order valence-corrected chi connectivity index (χ1v) is 10.3. The number of alkyl halides is 2. The Morgan fingerprint density at radius 1 is 1.21 bits per heavy atom. The Kier molecular flexibility index (Phi) is 7.96. The van der Waals surface area contributed by atoms with Gasteiger partial charge in [-0.15, -0.1) is 0 Å². The fraction of sp³-hybridized carbons (Fsp3) is 0.227. The van der Waals surface area contributed by atoms with Crippen molar-refractivity contribution < 1.29 is 13.6 Å². The highest BCUT2D eigenvalue weighted by molar-refractivity contribution is 6.29. The average Bonchev–Trinajstić information content (AvgIpc) is 2.81. The van der Waals surface area contributed by atoms with Crippen LogP contribution in [0, 0.1) is 0 Å². The summed E-state index contributed by atoms with van der Waals surface area (Å²) in [6, 6.07) is 11.4. The molecule has 2 heterocycles. The van der Waals surface area contributed by atoms with Gasteiger partial charge in [0.25, 0.3) is 11.5 Å². The Hall–Kier alpha value is -3.50. The summed E-state index contributed by atoms with van der Waals surface area (Å²) in [4.78, 5) is 36.3. The van der Waals surface area contributed by atoms with Gasteiger partial charge in [-0.2, -0.15) is 8.78 Å². The second-order valence-electron chi connectivity index (χ2n) is 6.98. The Balaban J connectivity index is 1.73. The van der Waals surface area contributed by atoms with Crippen molar-refractivity contribution >= 4 is 29.5 Å². The molecule has 172 valence electrons. The maximum absolute atomic E-state index is 14.3. The molecular weight excluding hydrogens is 454 g/mol. The summed E-state index contributed by atoms with van der Waals surface area (Å²) in [6.07, 6.45) is 4.35. The average molecular weight is 475 g/mol. The summed E-state index contributed by atoms with van der Waals surface area (Å²) < 4.78 is 29.6. The van der Waals surface area contributed by atoms with Gasteiger partial charge in [-0.3, -0.25) is 19.1 Å². The van der Waals surface area contributed by atoms with Crippen molar-refractivity contribution in [3.8, 4) is 0 Å². The van der Waals surface area contributed by atoms with Gasteiger partial charge >= 0.3 is 5.92 Å². The van der Waals surface area contributed by atoms with Crippen molar-refractivity contribution in [3.05, 3.63) is 87.2 Å².